The molecule has 0 saturated heterocycles. The van der Waals surface area contributed by atoms with Crippen LogP contribution in [-0.4, -0.2) is 33.4 Å². The maximum Gasteiger partial charge on any atom is 0.0797 e. The van der Waals surface area contributed by atoms with Crippen LogP contribution in [0.5, 0.6) is 0 Å². The highest BCUT2D eigenvalue weighted by Gasteiger charge is 2.13. The molecular weight excluding hydrogens is 228 g/mol. The van der Waals surface area contributed by atoms with Gasteiger partial charge in [0.05, 0.1) is 27.9 Å². The fourth-order valence-corrected chi connectivity index (χ4v) is 2.11. The Kier molecular flexibility index (Phi) is 4.79. The highest BCUT2D eigenvalue weighted by atomic mass is 32.1. The van der Waals surface area contributed by atoms with Crippen LogP contribution in [0.2, 0.25) is 0 Å². The van der Waals surface area contributed by atoms with Gasteiger partial charge in [0.15, 0.2) is 0 Å². The van der Waals surface area contributed by atoms with Crippen molar-refractivity contribution in [3.05, 3.63) is 14.6 Å². The predicted molar refractivity (Wildman–Crippen MR) is 68.4 cm³/mol. The Morgan fingerprint density at radius 1 is 1.27 bits per heavy atom. The van der Waals surface area contributed by atoms with Crippen LogP contribution < -0.4 is 10.6 Å². The first-order valence-corrected chi connectivity index (χ1v) is 5.70. The fraction of sp³-hybridized carbons (Fsp3) is 0.600. The molecule has 1 aromatic carbocycles. The van der Waals surface area contributed by atoms with Crippen molar-refractivity contribution >= 4 is 30.1 Å². The van der Waals surface area contributed by atoms with Gasteiger partial charge >= 0.3 is 0 Å². The largest absolute Gasteiger partial charge is 0.378 e. The summed E-state index contributed by atoms with van der Waals surface area (Å²) in [7, 11) is 2.00. The molecule has 84 valence electrons. The number of likely N-dealkylation sites (N-methyl/N-ethyl adjacent to an activating group) is 1. The molecule has 0 radical (unpaired) electrons. The molecule has 15 heavy (non-hydrogen) atoms. The van der Waals surface area contributed by atoms with Gasteiger partial charge in [-0.15, -0.1) is 0 Å². The number of rotatable bonds is 6. The Morgan fingerprint density at radius 3 is 2.47 bits per heavy atom. The number of nitrogens with zero attached hydrogens (tertiary/aromatic N) is 1. The van der Waals surface area contributed by atoms with Gasteiger partial charge in [0.1, 0.15) is 0 Å². The summed E-state index contributed by atoms with van der Waals surface area (Å²) in [5.41, 5.74) is 7.53. The standard InChI is InChI=1S/C10H16N2OS2/c1-7-8(10(15)9(7)14)12(2)4-6-13-5-3-11/h3-6,11H2,1-2H3. The summed E-state index contributed by atoms with van der Waals surface area (Å²) < 4.78 is 6.94. The van der Waals surface area contributed by atoms with Crippen molar-refractivity contribution in [3.63, 3.8) is 0 Å². The summed E-state index contributed by atoms with van der Waals surface area (Å²) in [6, 6.07) is 0. The Labute approximate surface area is 101 Å². The molecule has 0 amide bonds. The molecule has 0 aromatic heterocycles. The maximum absolute atomic E-state index is 5.32. The molecule has 0 heterocycles. The van der Waals surface area contributed by atoms with E-state index in [1.165, 1.54) is 0 Å². The third-order valence-electron chi connectivity index (χ3n) is 2.33. The summed E-state index contributed by atoms with van der Waals surface area (Å²) in [5, 5.41) is 0. The van der Waals surface area contributed by atoms with Crippen LogP contribution in [0.25, 0.3) is 0 Å². The minimum atomic E-state index is 0.563. The van der Waals surface area contributed by atoms with Crippen LogP contribution in [0.4, 0.5) is 5.69 Å². The quantitative estimate of drug-likeness (QED) is 0.609. The summed E-state index contributed by atoms with van der Waals surface area (Å²) in [6.07, 6.45) is 0. The van der Waals surface area contributed by atoms with Crippen molar-refractivity contribution in [1.29, 1.82) is 0 Å². The highest BCUT2D eigenvalue weighted by molar-refractivity contribution is 7.74. The normalized spacial score (nSPS) is 10.9. The lowest BCUT2D eigenvalue weighted by Crippen LogP contribution is -2.26. The smallest absolute Gasteiger partial charge is 0.0797 e. The summed E-state index contributed by atoms with van der Waals surface area (Å²) in [4.78, 5) is 2.09. The van der Waals surface area contributed by atoms with Gasteiger partial charge in [-0.25, -0.2) is 0 Å². The Hall–Kier alpha value is -0.360. The molecular formula is C10H16N2OS2. The molecule has 5 heteroatoms. The number of nitrogens with two attached hydrogens (primary N) is 1. The van der Waals surface area contributed by atoms with Crippen molar-refractivity contribution in [2.24, 2.45) is 5.73 Å². The van der Waals surface area contributed by atoms with Crippen LogP contribution in [0, 0.1) is 15.9 Å². The van der Waals surface area contributed by atoms with Gasteiger partial charge in [0, 0.05) is 20.1 Å². The molecule has 0 atom stereocenters. The first-order chi connectivity index (χ1) is 7.09. The van der Waals surface area contributed by atoms with E-state index in [0.717, 1.165) is 26.8 Å². The monoisotopic (exact) mass is 244 g/mol. The molecule has 0 aliphatic carbocycles. The topological polar surface area (TPSA) is 38.5 Å². The average molecular weight is 244 g/mol. The summed E-state index contributed by atoms with van der Waals surface area (Å²) in [6.45, 7) is 4.66. The minimum absolute atomic E-state index is 0.563. The first kappa shape index (κ1) is 12.7. The van der Waals surface area contributed by atoms with Gasteiger partial charge in [0.25, 0.3) is 0 Å². The molecule has 2 N–H and O–H groups in total. The molecule has 0 bridgehead atoms. The molecule has 1 rings (SSSR count). The summed E-state index contributed by atoms with van der Waals surface area (Å²) in [5.74, 6) is 0. The van der Waals surface area contributed by atoms with E-state index in [-0.39, 0.29) is 0 Å². The van der Waals surface area contributed by atoms with E-state index in [9.17, 15) is 0 Å². The molecule has 0 aliphatic rings. The first-order valence-electron chi connectivity index (χ1n) is 4.88. The Bertz CT molecular complexity index is 396. The van der Waals surface area contributed by atoms with E-state index in [2.05, 4.69) is 4.90 Å². The lowest BCUT2D eigenvalue weighted by Gasteiger charge is -2.23. The van der Waals surface area contributed by atoms with E-state index < -0.39 is 0 Å². The van der Waals surface area contributed by atoms with Crippen molar-refractivity contribution < 1.29 is 4.74 Å². The second kappa shape index (κ2) is 5.65. The summed E-state index contributed by atoms with van der Waals surface area (Å²) >= 11 is 10.3. The van der Waals surface area contributed by atoms with Crippen molar-refractivity contribution in [3.8, 4) is 0 Å². The third-order valence-corrected chi connectivity index (χ3v) is 3.37. The highest BCUT2D eigenvalue weighted by Crippen LogP contribution is 2.28. The maximum atomic E-state index is 5.32. The molecule has 0 fully saturated rings. The Balaban J connectivity index is 2.45. The molecule has 1 aromatic rings. The molecule has 3 nitrogen and oxygen atoms in total. The van der Waals surface area contributed by atoms with Gasteiger partial charge in [0.2, 0.25) is 0 Å². The average Bonchev–Trinajstić information content (AvgIpc) is 2.24. The SMILES string of the molecule is Cc1c(N(C)CCOCCN)c(=S)c1=S. The van der Waals surface area contributed by atoms with Crippen LogP contribution >= 0.6 is 24.4 Å². The number of ether oxygens (including phenoxy) is 1. The number of hydrogen-bond donors (Lipinski definition) is 1. The zero-order chi connectivity index (χ0) is 11.4. The van der Waals surface area contributed by atoms with Crippen molar-refractivity contribution in [2.45, 2.75) is 6.92 Å². The molecule has 0 saturated carbocycles. The second-order valence-corrected chi connectivity index (χ2v) is 4.27. The van der Waals surface area contributed by atoms with Gasteiger partial charge in [-0.3, -0.25) is 0 Å². The fourth-order valence-electron chi connectivity index (χ4n) is 1.45. The second-order valence-electron chi connectivity index (χ2n) is 3.45. The molecule has 0 aliphatic heterocycles. The molecule has 0 spiro atoms. The zero-order valence-electron chi connectivity index (χ0n) is 9.08. The van der Waals surface area contributed by atoms with Crippen LogP contribution in [0.15, 0.2) is 0 Å². The van der Waals surface area contributed by atoms with Crippen molar-refractivity contribution in [1.82, 2.24) is 0 Å². The minimum Gasteiger partial charge on any atom is -0.378 e. The van der Waals surface area contributed by atoms with Gasteiger partial charge in [-0.2, -0.15) is 0 Å². The Morgan fingerprint density at radius 2 is 1.93 bits per heavy atom. The third kappa shape index (κ3) is 2.81. The van der Waals surface area contributed by atoms with E-state index >= 15 is 0 Å². The van der Waals surface area contributed by atoms with E-state index in [4.69, 9.17) is 34.9 Å². The van der Waals surface area contributed by atoms with Crippen LogP contribution in [-0.2, 0) is 4.74 Å². The number of hydrogen-bond acceptors (Lipinski definition) is 5. The van der Waals surface area contributed by atoms with Gasteiger partial charge < -0.3 is 15.4 Å². The van der Waals surface area contributed by atoms with Gasteiger partial charge in [-0.1, -0.05) is 24.4 Å². The predicted octanol–water partition coefficient (Wildman–Crippen LogP) is 1.74. The lowest BCUT2D eigenvalue weighted by atomic mass is 10.1. The lowest BCUT2D eigenvalue weighted by molar-refractivity contribution is 0.148. The van der Waals surface area contributed by atoms with E-state index in [1.807, 2.05) is 14.0 Å². The van der Waals surface area contributed by atoms with Crippen molar-refractivity contribution in [2.75, 3.05) is 38.3 Å². The van der Waals surface area contributed by atoms with E-state index in [0.29, 0.717) is 19.8 Å². The zero-order valence-corrected chi connectivity index (χ0v) is 10.7. The van der Waals surface area contributed by atoms with Gasteiger partial charge in [-0.05, 0) is 12.5 Å². The van der Waals surface area contributed by atoms with E-state index in [1.54, 1.807) is 0 Å². The van der Waals surface area contributed by atoms with Crippen LogP contribution in [0.3, 0.4) is 0 Å². The van der Waals surface area contributed by atoms with Crippen LogP contribution in [0.1, 0.15) is 5.56 Å². The molecule has 0 unspecified atom stereocenters. The number of anilines is 1.